The molecule has 0 fully saturated rings. The van der Waals surface area contributed by atoms with Crippen LogP contribution in [0.4, 0.5) is 4.79 Å². The average molecular weight is 318 g/mol. The van der Waals surface area contributed by atoms with E-state index in [-0.39, 0.29) is 5.71 Å². The topological polar surface area (TPSA) is 26.3 Å². The van der Waals surface area contributed by atoms with Crippen molar-refractivity contribution in [2.45, 2.75) is 27.2 Å². The zero-order valence-corrected chi connectivity index (χ0v) is 12.0. The van der Waals surface area contributed by atoms with Gasteiger partial charge in [-0.2, -0.15) is 0 Å². The van der Waals surface area contributed by atoms with E-state index in [2.05, 4.69) is 42.6 Å². The maximum atomic E-state index is 11.8. The van der Waals surface area contributed by atoms with Crippen LogP contribution in [0.15, 0.2) is 0 Å². The first kappa shape index (κ1) is 13.6. The van der Waals surface area contributed by atoms with Crippen LogP contribution in [0.25, 0.3) is 0 Å². The minimum absolute atomic E-state index is 0.0541. The van der Waals surface area contributed by atoms with E-state index in [0.29, 0.717) is 6.61 Å². The van der Waals surface area contributed by atoms with E-state index in [1.807, 2.05) is 6.92 Å². The summed E-state index contributed by atoms with van der Waals surface area (Å²) in [6.07, 6.45) is 2.78. The molecule has 80 valence electrons. The molecule has 0 aromatic heterocycles. The molecule has 0 N–H and O–H groups in total. The molecule has 0 amide bonds. The molecule has 0 spiro atoms. The first-order chi connectivity index (χ1) is 5.89. The van der Waals surface area contributed by atoms with Crippen molar-refractivity contribution in [2.24, 2.45) is 0 Å². The van der Waals surface area contributed by atoms with Crippen LogP contribution in [-0.2, 0) is 4.74 Å². The van der Waals surface area contributed by atoms with Crippen molar-refractivity contribution >= 4 is 32.0 Å². The Hall–Kier alpha value is 0.630. The molecule has 0 aromatic rings. The molecule has 0 aliphatic heterocycles. The standard InChI is InChI=1S/C9H20IO2P/c1-5-8-12-9(11)13(4,10,6-2)7-3/h5-8H2,1-4H3. The second kappa shape index (κ2) is 4.92. The fraction of sp³-hybridized carbons (Fsp3) is 0.889. The summed E-state index contributed by atoms with van der Waals surface area (Å²) in [5.74, 6) is 0. The Morgan fingerprint density at radius 3 is 2.08 bits per heavy atom. The summed E-state index contributed by atoms with van der Waals surface area (Å²) in [7, 11) is 0. The van der Waals surface area contributed by atoms with Crippen LogP contribution in [0.3, 0.4) is 0 Å². The summed E-state index contributed by atoms with van der Waals surface area (Å²) in [6.45, 7) is 8.85. The van der Waals surface area contributed by atoms with Crippen molar-refractivity contribution in [1.82, 2.24) is 0 Å². The molecule has 0 saturated carbocycles. The minimum atomic E-state index is -2.20. The molecule has 0 radical (unpaired) electrons. The number of halogens is 1. The van der Waals surface area contributed by atoms with Gasteiger partial charge in [-0.25, -0.2) is 0 Å². The van der Waals surface area contributed by atoms with Crippen LogP contribution < -0.4 is 0 Å². The van der Waals surface area contributed by atoms with E-state index >= 15 is 0 Å². The van der Waals surface area contributed by atoms with Gasteiger partial charge < -0.3 is 0 Å². The van der Waals surface area contributed by atoms with Crippen molar-refractivity contribution in [3.05, 3.63) is 0 Å². The molecule has 0 saturated heterocycles. The molecule has 0 bridgehead atoms. The number of rotatable bonds is 5. The van der Waals surface area contributed by atoms with Gasteiger partial charge in [-0.3, -0.25) is 0 Å². The Bertz CT molecular complexity index is 184. The SMILES string of the molecule is CCCOC(=O)P(C)(I)(CC)CC. The number of hydrogen-bond donors (Lipinski definition) is 0. The number of carbonyl (C=O) groups is 1. The quantitative estimate of drug-likeness (QED) is 0.563. The average Bonchev–Trinajstić information content (AvgIpc) is 2.14. The maximum absolute atomic E-state index is 11.8. The van der Waals surface area contributed by atoms with Gasteiger partial charge >= 0.3 is 94.3 Å². The third kappa shape index (κ3) is 3.35. The van der Waals surface area contributed by atoms with Crippen LogP contribution in [0.1, 0.15) is 27.2 Å². The van der Waals surface area contributed by atoms with Crippen LogP contribution in [0.5, 0.6) is 0 Å². The Morgan fingerprint density at radius 2 is 1.77 bits per heavy atom. The third-order valence-electron chi connectivity index (χ3n) is 2.57. The summed E-state index contributed by atoms with van der Waals surface area (Å²) in [6, 6.07) is 0. The van der Waals surface area contributed by atoms with Crippen LogP contribution in [0, 0.1) is 0 Å². The van der Waals surface area contributed by atoms with Gasteiger partial charge in [-0.05, 0) is 0 Å². The predicted molar refractivity (Wildman–Crippen MR) is 69.6 cm³/mol. The Labute approximate surface area is 94.2 Å². The number of hydrogen-bond acceptors (Lipinski definition) is 2. The van der Waals surface area contributed by atoms with Crippen molar-refractivity contribution in [1.29, 1.82) is 0 Å². The molecule has 0 atom stereocenters. The van der Waals surface area contributed by atoms with Gasteiger partial charge in [0, 0.05) is 0 Å². The Morgan fingerprint density at radius 1 is 1.31 bits per heavy atom. The summed E-state index contributed by atoms with van der Waals surface area (Å²) < 4.78 is 3.06. The van der Waals surface area contributed by atoms with E-state index in [1.165, 1.54) is 0 Å². The Kier molecular flexibility index (Phi) is 5.16. The van der Waals surface area contributed by atoms with E-state index in [0.717, 1.165) is 18.7 Å². The van der Waals surface area contributed by atoms with Crippen molar-refractivity contribution in [3.8, 4) is 0 Å². The summed E-state index contributed by atoms with van der Waals surface area (Å²) in [5, 5.41) is 0. The van der Waals surface area contributed by atoms with Gasteiger partial charge in [-0.1, -0.05) is 0 Å². The number of ether oxygens (including phenoxy) is 1. The second-order valence-corrected chi connectivity index (χ2v) is 17.5. The van der Waals surface area contributed by atoms with Crippen LogP contribution >= 0.6 is 26.3 Å². The van der Waals surface area contributed by atoms with Gasteiger partial charge in [0.2, 0.25) is 0 Å². The molecule has 2 nitrogen and oxygen atoms in total. The zero-order valence-electron chi connectivity index (χ0n) is 8.97. The van der Waals surface area contributed by atoms with E-state index in [1.54, 1.807) is 0 Å². The molecule has 0 aliphatic carbocycles. The van der Waals surface area contributed by atoms with Crippen molar-refractivity contribution in [2.75, 3.05) is 25.6 Å². The molecule has 0 heterocycles. The van der Waals surface area contributed by atoms with E-state index < -0.39 is 4.25 Å². The molecule has 0 aromatic carbocycles. The molecule has 0 aliphatic rings. The molecular weight excluding hydrogens is 298 g/mol. The predicted octanol–water partition coefficient (Wildman–Crippen LogP) is 4.11. The molecular formula is C9H20IO2P. The molecule has 0 rings (SSSR count). The summed E-state index contributed by atoms with van der Waals surface area (Å²) in [4.78, 5) is 11.8. The third-order valence-corrected chi connectivity index (χ3v) is 12.3. The monoisotopic (exact) mass is 318 g/mol. The van der Waals surface area contributed by atoms with Gasteiger partial charge in [0.15, 0.2) is 0 Å². The second-order valence-electron chi connectivity index (χ2n) is 3.64. The normalized spacial score (nSPS) is 14.7. The fourth-order valence-corrected chi connectivity index (χ4v) is 2.68. The van der Waals surface area contributed by atoms with Gasteiger partial charge in [0.25, 0.3) is 0 Å². The van der Waals surface area contributed by atoms with Crippen molar-refractivity contribution < 1.29 is 9.53 Å². The van der Waals surface area contributed by atoms with Crippen LogP contribution in [-0.4, -0.2) is 31.3 Å². The van der Waals surface area contributed by atoms with Gasteiger partial charge in [0.1, 0.15) is 0 Å². The van der Waals surface area contributed by atoms with Gasteiger partial charge in [-0.15, -0.1) is 0 Å². The summed E-state index contributed by atoms with van der Waals surface area (Å²) in [5.41, 5.74) is 0.0541. The van der Waals surface area contributed by atoms with Gasteiger partial charge in [0.05, 0.1) is 0 Å². The molecule has 13 heavy (non-hydrogen) atoms. The zero-order chi connectivity index (χ0) is 10.6. The number of carbonyl (C=O) groups excluding carboxylic acids is 1. The van der Waals surface area contributed by atoms with Crippen LogP contribution in [0.2, 0.25) is 0 Å². The van der Waals surface area contributed by atoms with Crippen molar-refractivity contribution in [3.63, 3.8) is 0 Å². The van der Waals surface area contributed by atoms with E-state index in [9.17, 15) is 4.79 Å². The molecule has 4 heteroatoms. The fourth-order valence-electron chi connectivity index (χ4n) is 0.851. The summed E-state index contributed by atoms with van der Waals surface area (Å²) >= 11 is 2.36. The Balaban J connectivity index is 4.48. The molecule has 0 unspecified atom stereocenters. The first-order valence-electron chi connectivity index (χ1n) is 4.79. The van der Waals surface area contributed by atoms with E-state index in [4.69, 9.17) is 4.74 Å². The first-order valence-corrected chi connectivity index (χ1v) is 10.6.